The summed E-state index contributed by atoms with van der Waals surface area (Å²) in [6.07, 6.45) is 3.84. The molecule has 0 N–H and O–H groups in total. The SMILES string of the molecule is CC1(C)c2cc(-c3cc4c5cccc6c5c(cc4c4ccccc34)-c3ncccc3-6)ccc2-c2ccc(-c3cc4c5cccc6c5c(cc4c4ccccc34)-c3ncccc3-6)cc21. The molecule has 2 nitrogen and oxygen atoms in total. The summed E-state index contributed by atoms with van der Waals surface area (Å²) in [6, 6.07) is 64.2. The summed E-state index contributed by atoms with van der Waals surface area (Å²) >= 11 is 0. The molecule has 0 unspecified atom stereocenters. The van der Waals surface area contributed by atoms with Gasteiger partial charge in [0.25, 0.3) is 0 Å². The second-order valence-electron chi connectivity index (χ2n) is 18.4. The van der Waals surface area contributed by atoms with Crippen LogP contribution in [-0.4, -0.2) is 9.97 Å². The minimum absolute atomic E-state index is 0.210. The molecule has 2 aromatic heterocycles. The quantitative estimate of drug-likeness (QED) is 0.163. The van der Waals surface area contributed by atoms with Crippen LogP contribution in [0.5, 0.6) is 0 Å². The summed E-state index contributed by atoms with van der Waals surface area (Å²) in [5.41, 5.74) is 19.9. The molecule has 0 aliphatic heterocycles. The van der Waals surface area contributed by atoms with Gasteiger partial charge >= 0.3 is 0 Å². The topological polar surface area (TPSA) is 25.8 Å². The molecule has 0 fully saturated rings. The van der Waals surface area contributed by atoms with Crippen molar-refractivity contribution in [2.75, 3.05) is 0 Å². The van der Waals surface area contributed by atoms with Crippen molar-refractivity contribution in [3.8, 4) is 78.1 Å². The van der Waals surface area contributed by atoms with Crippen LogP contribution in [0.15, 0.2) is 182 Å². The standard InChI is InChI=1S/C61H36N2/c1-61(2)55-27-33(47-29-51-43-17-7-15-41-45-19-9-25-62-59(45)53(57(41)43)31-49(51)37-13-5-3-11-35(37)47)21-23-39(55)40-24-22-34(28-56(40)61)48-30-52-44-18-8-16-42-46-20-10-26-63-60(46)54(58(42)44)32-50(52)38-14-6-4-12-36(38)48/h3-32H,1-2H3. The molecule has 0 saturated carbocycles. The summed E-state index contributed by atoms with van der Waals surface area (Å²) in [4.78, 5) is 9.77. The molecule has 3 aliphatic carbocycles. The number of hydrogen-bond acceptors (Lipinski definition) is 2. The van der Waals surface area contributed by atoms with E-state index < -0.39 is 0 Å². The molecule has 3 aliphatic rings. The van der Waals surface area contributed by atoms with Crippen LogP contribution >= 0.6 is 0 Å². The molecule has 15 rings (SSSR count). The maximum absolute atomic E-state index is 4.89. The number of aromatic nitrogens is 2. The van der Waals surface area contributed by atoms with Gasteiger partial charge in [-0.2, -0.15) is 0 Å². The Balaban J connectivity index is 0.901. The molecule has 0 amide bonds. The van der Waals surface area contributed by atoms with Gasteiger partial charge < -0.3 is 0 Å². The van der Waals surface area contributed by atoms with Crippen molar-refractivity contribution in [1.82, 2.24) is 9.97 Å². The van der Waals surface area contributed by atoms with Gasteiger partial charge in [0, 0.05) is 40.1 Å². The van der Waals surface area contributed by atoms with Gasteiger partial charge in [-0.3, -0.25) is 9.97 Å². The Bertz CT molecular complexity index is 3850. The second kappa shape index (κ2) is 11.7. The fourth-order valence-electron chi connectivity index (χ4n) is 12.2. The first-order valence-corrected chi connectivity index (χ1v) is 22.1. The van der Waals surface area contributed by atoms with Crippen LogP contribution in [0, 0.1) is 0 Å². The Labute approximate surface area is 363 Å². The van der Waals surface area contributed by atoms with Crippen molar-refractivity contribution in [3.05, 3.63) is 193 Å². The van der Waals surface area contributed by atoms with Crippen molar-refractivity contribution in [2.45, 2.75) is 19.3 Å². The summed E-state index contributed by atoms with van der Waals surface area (Å²) in [5, 5.41) is 15.4. The van der Waals surface area contributed by atoms with Gasteiger partial charge in [0.2, 0.25) is 0 Å². The number of nitrogens with zero attached hydrogens (tertiary/aromatic N) is 2. The average Bonchev–Trinajstić information content (AvgIpc) is 3.92. The number of hydrogen-bond donors (Lipinski definition) is 0. The van der Waals surface area contributed by atoms with E-state index in [1.54, 1.807) is 0 Å². The van der Waals surface area contributed by atoms with Crippen LogP contribution in [0.2, 0.25) is 0 Å². The van der Waals surface area contributed by atoms with Gasteiger partial charge in [-0.25, -0.2) is 0 Å². The van der Waals surface area contributed by atoms with Gasteiger partial charge in [0.1, 0.15) is 0 Å². The van der Waals surface area contributed by atoms with Crippen LogP contribution in [-0.2, 0) is 5.41 Å². The molecular weight excluding hydrogens is 761 g/mol. The van der Waals surface area contributed by atoms with Crippen molar-refractivity contribution in [1.29, 1.82) is 0 Å². The number of benzene rings is 10. The van der Waals surface area contributed by atoms with Crippen molar-refractivity contribution in [2.24, 2.45) is 0 Å². The molecule has 0 bridgehead atoms. The molecule has 0 spiro atoms. The van der Waals surface area contributed by atoms with Gasteiger partial charge in [0.15, 0.2) is 0 Å². The molecular formula is C61H36N2. The zero-order valence-corrected chi connectivity index (χ0v) is 34.7. The summed E-state index contributed by atoms with van der Waals surface area (Å²) < 4.78 is 0. The first-order chi connectivity index (χ1) is 31.0. The van der Waals surface area contributed by atoms with Crippen molar-refractivity contribution < 1.29 is 0 Å². The Morgan fingerprint density at radius 2 is 0.683 bits per heavy atom. The van der Waals surface area contributed by atoms with Gasteiger partial charge in [-0.05, 0) is 169 Å². The number of pyridine rings is 2. The van der Waals surface area contributed by atoms with E-state index in [-0.39, 0.29) is 5.41 Å². The molecule has 63 heavy (non-hydrogen) atoms. The van der Waals surface area contributed by atoms with E-state index in [0.29, 0.717) is 0 Å². The van der Waals surface area contributed by atoms with E-state index in [1.807, 2.05) is 12.4 Å². The van der Waals surface area contributed by atoms with Gasteiger partial charge in [0.05, 0.1) is 11.4 Å². The lowest BCUT2D eigenvalue weighted by atomic mass is 9.80. The van der Waals surface area contributed by atoms with Gasteiger partial charge in [-0.15, -0.1) is 0 Å². The summed E-state index contributed by atoms with van der Waals surface area (Å²) in [7, 11) is 0. The maximum atomic E-state index is 4.89. The minimum Gasteiger partial charge on any atom is -0.256 e. The van der Waals surface area contributed by atoms with Crippen LogP contribution in [0.3, 0.4) is 0 Å². The van der Waals surface area contributed by atoms with E-state index >= 15 is 0 Å². The summed E-state index contributed by atoms with van der Waals surface area (Å²) in [6.45, 7) is 4.83. The molecule has 2 heteroatoms. The zero-order chi connectivity index (χ0) is 41.3. The highest BCUT2D eigenvalue weighted by Gasteiger charge is 2.36. The zero-order valence-electron chi connectivity index (χ0n) is 34.7. The van der Waals surface area contributed by atoms with Crippen LogP contribution < -0.4 is 0 Å². The lowest BCUT2D eigenvalue weighted by Gasteiger charge is -2.23. The Morgan fingerprint density at radius 1 is 0.286 bits per heavy atom. The van der Waals surface area contributed by atoms with E-state index in [4.69, 9.17) is 9.97 Å². The first-order valence-electron chi connectivity index (χ1n) is 22.1. The van der Waals surface area contributed by atoms with Crippen molar-refractivity contribution >= 4 is 64.6 Å². The van der Waals surface area contributed by atoms with Crippen LogP contribution in [0.1, 0.15) is 25.0 Å². The highest BCUT2D eigenvalue weighted by Crippen LogP contribution is 2.55. The van der Waals surface area contributed by atoms with Gasteiger partial charge in [-0.1, -0.05) is 135 Å². The molecule has 10 aromatic carbocycles. The summed E-state index contributed by atoms with van der Waals surface area (Å²) in [5.74, 6) is 0. The smallest absolute Gasteiger partial charge is 0.0787 e. The third-order valence-electron chi connectivity index (χ3n) is 15.0. The molecule has 2 heterocycles. The third-order valence-corrected chi connectivity index (χ3v) is 15.0. The lowest BCUT2D eigenvalue weighted by molar-refractivity contribution is 0.661. The van der Waals surface area contributed by atoms with E-state index in [1.165, 1.54) is 143 Å². The Hall–Kier alpha value is -7.94. The number of rotatable bonds is 2. The molecule has 0 atom stereocenters. The maximum Gasteiger partial charge on any atom is 0.0787 e. The first kappa shape index (κ1) is 33.7. The monoisotopic (exact) mass is 796 g/mol. The predicted molar refractivity (Wildman–Crippen MR) is 264 cm³/mol. The highest BCUT2D eigenvalue weighted by atomic mass is 14.7. The average molecular weight is 797 g/mol. The number of fused-ring (bicyclic) bond motifs is 17. The second-order valence-corrected chi connectivity index (χ2v) is 18.4. The fourth-order valence-corrected chi connectivity index (χ4v) is 12.2. The van der Waals surface area contributed by atoms with E-state index in [0.717, 1.165) is 11.4 Å². The minimum atomic E-state index is -0.210. The molecule has 0 saturated heterocycles. The largest absolute Gasteiger partial charge is 0.256 e. The fraction of sp³-hybridized carbons (Fsp3) is 0.0492. The molecule has 12 aromatic rings. The molecule has 290 valence electrons. The molecule has 0 radical (unpaired) electrons. The Morgan fingerprint density at radius 3 is 1.16 bits per heavy atom. The predicted octanol–water partition coefficient (Wildman–Crippen LogP) is 16.3. The van der Waals surface area contributed by atoms with Crippen LogP contribution in [0.25, 0.3) is 143 Å². The highest BCUT2D eigenvalue weighted by molar-refractivity contribution is 6.30. The van der Waals surface area contributed by atoms with E-state index in [9.17, 15) is 0 Å². The van der Waals surface area contributed by atoms with E-state index in [2.05, 4.69) is 184 Å². The Kier molecular flexibility index (Phi) is 6.27. The van der Waals surface area contributed by atoms with Crippen molar-refractivity contribution in [3.63, 3.8) is 0 Å². The lowest BCUT2D eigenvalue weighted by Crippen LogP contribution is -2.15. The third kappa shape index (κ3) is 4.23. The van der Waals surface area contributed by atoms with Crippen LogP contribution in [0.4, 0.5) is 0 Å². The normalized spacial score (nSPS) is 13.7.